The first-order valence-corrected chi connectivity index (χ1v) is 11.4. The molecule has 1 spiro atoms. The van der Waals surface area contributed by atoms with Gasteiger partial charge in [0, 0.05) is 25.3 Å². The van der Waals surface area contributed by atoms with Crippen molar-refractivity contribution < 1.29 is 4.39 Å². The van der Waals surface area contributed by atoms with Crippen LogP contribution in [0.3, 0.4) is 0 Å². The number of hydrogen-bond acceptors (Lipinski definition) is 6. The Balaban J connectivity index is 1.47. The summed E-state index contributed by atoms with van der Waals surface area (Å²) in [5.41, 5.74) is -0.0408. The number of rotatable bonds is 0. The van der Waals surface area contributed by atoms with Crippen molar-refractivity contribution in [3.8, 4) is 0 Å². The highest BCUT2D eigenvalue weighted by Crippen LogP contribution is 2.43. The van der Waals surface area contributed by atoms with Gasteiger partial charge in [0.15, 0.2) is 0 Å². The van der Waals surface area contributed by atoms with E-state index >= 15 is 0 Å². The number of alkyl halides is 1. The third-order valence-corrected chi connectivity index (χ3v) is 7.99. The molecule has 7 heteroatoms. The monoisotopic (exact) mass is 380 g/mol. The van der Waals surface area contributed by atoms with Gasteiger partial charge in [-0.1, -0.05) is 6.42 Å². The van der Waals surface area contributed by atoms with Crippen LogP contribution in [0.5, 0.6) is 0 Å². The van der Waals surface area contributed by atoms with Crippen LogP contribution >= 0.6 is 0 Å². The lowest BCUT2D eigenvalue weighted by molar-refractivity contribution is -0.0280. The van der Waals surface area contributed by atoms with Gasteiger partial charge in [-0.05, 0) is 69.9 Å². The van der Waals surface area contributed by atoms with E-state index in [1.165, 1.54) is 38.5 Å². The van der Waals surface area contributed by atoms with Crippen LogP contribution in [0.15, 0.2) is 0 Å². The van der Waals surface area contributed by atoms with Crippen molar-refractivity contribution in [1.82, 2.24) is 31.9 Å². The predicted octanol–water partition coefficient (Wildman–Crippen LogP) is 0.369. The second-order valence-electron chi connectivity index (χ2n) is 9.49. The van der Waals surface area contributed by atoms with Crippen molar-refractivity contribution in [2.45, 2.75) is 87.5 Å². The van der Waals surface area contributed by atoms with Crippen LogP contribution < -0.4 is 31.9 Å². The molecule has 154 valence electrons. The first-order valence-electron chi connectivity index (χ1n) is 11.4. The molecule has 5 heterocycles. The molecule has 0 aromatic rings. The van der Waals surface area contributed by atoms with Gasteiger partial charge in [0.1, 0.15) is 6.17 Å². The third kappa shape index (κ3) is 3.55. The molecule has 5 aliphatic heterocycles. The van der Waals surface area contributed by atoms with Crippen LogP contribution in [0.2, 0.25) is 0 Å². The Labute approximate surface area is 162 Å². The molecule has 7 unspecified atom stereocenters. The molecule has 0 saturated carbocycles. The normalized spacial score (nSPS) is 51.2. The van der Waals surface area contributed by atoms with Crippen molar-refractivity contribution in [3.05, 3.63) is 0 Å². The Hall–Kier alpha value is -0.310. The van der Waals surface area contributed by atoms with Gasteiger partial charge < -0.3 is 10.6 Å². The zero-order valence-corrected chi connectivity index (χ0v) is 16.4. The van der Waals surface area contributed by atoms with Gasteiger partial charge in [-0.2, -0.15) is 0 Å². The highest BCUT2D eigenvalue weighted by molar-refractivity contribution is 5.10. The Bertz CT molecular complexity index is 521. The smallest absolute Gasteiger partial charge is 0.113 e. The van der Waals surface area contributed by atoms with Crippen LogP contribution in [0, 0.1) is 11.8 Å². The van der Waals surface area contributed by atoms with Crippen LogP contribution in [0.4, 0.5) is 4.39 Å². The summed E-state index contributed by atoms with van der Waals surface area (Å²) in [5, 5.41) is 22.7. The minimum Gasteiger partial charge on any atom is -0.311 e. The number of halogens is 1. The largest absolute Gasteiger partial charge is 0.311 e. The fraction of sp³-hybridized carbons (Fsp3) is 1.00. The number of fused-ring (bicyclic) bond motifs is 2. The summed E-state index contributed by atoms with van der Waals surface area (Å²) in [6, 6.07) is 1.35. The maximum absolute atomic E-state index is 14.4. The molecule has 5 saturated heterocycles. The molecular weight excluding hydrogens is 343 g/mol. The fourth-order valence-corrected chi connectivity index (χ4v) is 6.71. The Kier molecular flexibility index (Phi) is 5.43. The van der Waals surface area contributed by atoms with E-state index in [-0.39, 0.29) is 5.66 Å². The molecule has 6 nitrogen and oxygen atoms in total. The molecular formula is C20H37FN6. The van der Waals surface area contributed by atoms with E-state index in [9.17, 15) is 4.39 Å². The highest BCUT2D eigenvalue weighted by atomic mass is 19.1. The minimum atomic E-state index is -0.693. The number of hydrogen-bond donors (Lipinski definition) is 6. The van der Waals surface area contributed by atoms with E-state index < -0.39 is 6.17 Å². The van der Waals surface area contributed by atoms with Gasteiger partial charge in [-0.3, -0.25) is 21.3 Å². The van der Waals surface area contributed by atoms with Gasteiger partial charge in [-0.15, -0.1) is 0 Å². The molecule has 8 atom stereocenters. The third-order valence-electron chi connectivity index (χ3n) is 7.99. The predicted molar refractivity (Wildman–Crippen MR) is 105 cm³/mol. The van der Waals surface area contributed by atoms with Crippen LogP contribution in [0.25, 0.3) is 0 Å². The van der Waals surface area contributed by atoms with Crippen molar-refractivity contribution in [2.75, 3.05) is 26.3 Å². The molecule has 5 aliphatic rings. The van der Waals surface area contributed by atoms with Crippen LogP contribution in [-0.2, 0) is 0 Å². The van der Waals surface area contributed by atoms with Crippen LogP contribution in [-0.4, -0.2) is 62.4 Å². The number of nitrogens with one attached hydrogen (secondary N) is 6. The van der Waals surface area contributed by atoms with E-state index in [0.29, 0.717) is 42.7 Å². The zero-order chi connectivity index (χ0) is 18.3. The maximum Gasteiger partial charge on any atom is 0.113 e. The Morgan fingerprint density at radius 2 is 1.81 bits per heavy atom. The average molecular weight is 381 g/mol. The van der Waals surface area contributed by atoms with E-state index in [1.807, 2.05) is 0 Å². The fourth-order valence-electron chi connectivity index (χ4n) is 6.71. The first-order chi connectivity index (χ1) is 13.3. The summed E-state index contributed by atoms with van der Waals surface area (Å²) in [6.45, 7) is 3.54. The second-order valence-corrected chi connectivity index (χ2v) is 9.49. The van der Waals surface area contributed by atoms with Gasteiger partial charge in [0.05, 0.1) is 17.9 Å². The standard InChI is InChI=1S/C20H37FN6/c21-13-10-14-15-4-3-9-26-20(15)7-6-17-18(27-20)19(25-12-24-17)22-8-2-1-5-16(14)23-11-13/h13-19,22-27H,1-12H2/t13?,14?,15-,16?,17?,18?,19?,20?/m1/s1. The molecule has 5 fully saturated rings. The summed E-state index contributed by atoms with van der Waals surface area (Å²) in [5.74, 6) is 0.936. The molecule has 2 bridgehead atoms. The highest BCUT2D eigenvalue weighted by Gasteiger charge is 2.53. The van der Waals surface area contributed by atoms with E-state index in [4.69, 9.17) is 0 Å². The molecule has 0 amide bonds. The quantitative estimate of drug-likeness (QED) is 0.365. The van der Waals surface area contributed by atoms with Gasteiger partial charge >= 0.3 is 0 Å². The molecule has 0 aromatic heterocycles. The summed E-state index contributed by atoms with van der Waals surface area (Å²) in [6.07, 6.45) is 8.69. The lowest BCUT2D eigenvalue weighted by Crippen LogP contribution is -2.80. The zero-order valence-electron chi connectivity index (χ0n) is 16.4. The lowest BCUT2D eigenvalue weighted by Gasteiger charge is -2.58. The average Bonchev–Trinajstić information content (AvgIpc) is 2.68. The molecule has 5 rings (SSSR count). The van der Waals surface area contributed by atoms with E-state index in [1.54, 1.807) is 0 Å². The Morgan fingerprint density at radius 1 is 0.852 bits per heavy atom. The summed E-state index contributed by atoms with van der Waals surface area (Å²) in [7, 11) is 0. The second kappa shape index (κ2) is 7.84. The summed E-state index contributed by atoms with van der Waals surface area (Å²) < 4.78 is 14.4. The van der Waals surface area contributed by atoms with Gasteiger partial charge in [0.25, 0.3) is 0 Å². The van der Waals surface area contributed by atoms with Crippen molar-refractivity contribution in [1.29, 1.82) is 0 Å². The maximum atomic E-state index is 14.4. The lowest BCUT2D eigenvalue weighted by atomic mass is 9.65. The molecule has 0 radical (unpaired) electrons. The first kappa shape index (κ1) is 18.7. The summed E-state index contributed by atoms with van der Waals surface area (Å²) in [4.78, 5) is 0. The van der Waals surface area contributed by atoms with Crippen LogP contribution in [0.1, 0.15) is 51.4 Å². The molecule has 0 aliphatic carbocycles. The molecule has 0 aromatic carbocycles. The Morgan fingerprint density at radius 3 is 2.78 bits per heavy atom. The van der Waals surface area contributed by atoms with Gasteiger partial charge in [0.2, 0.25) is 0 Å². The van der Waals surface area contributed by atoms with Crippen molar-refractivity contribution in [3.63, 3.8) is 0 Å². The number of piperidine rings is 3. The summed E-state index contributed by atoms with van der Waals surface area (Å²) >= 11 is 0. The topological polar surface area (TPSA) is 72.2 Å². The van der Waals surface area contributed by atoms with Crippen molar-refractivity contribution in [2.24, 2.45) is 11.8 Å². The van der Waals surface area contributed by atoms with E-state index in [2.05, 4.69) is 31.9 Å². The van der Waals surface area contributed by atoms with Gasteiger partial charge in [-0.25, -0.2) is 4.39 Å². The molecule has 27 heavy (non-hydrogen) atoms. The molecule has 6 N–H and O–H groups in total. The minimum absolute atomic E-state index is 0.0408. The van der Waals surface area contributed by atoms with E-state index in [0.717, 1.165) is 32.6 Å². The van der Waals surface area contributed by atoms with Crippen molar-refractivity contribution >= 4 is 0 Å². The SMILES string of the molecule is FC1CNC2CCCCNC3NCNC4CCC5(NCCC[C@@H]5C2C1)NC43.